The molecule has 0 aliphatic carbocycles. The summed E-state index contributed by atoms with van der Waals surface area (Å²) in [7, 11) is 0. The number of nitrogens with zero attached hydrogens (tertiary/aromatic N) is 1. The smallest absolute Gasteiger partial charge is 0.410 e. The van der Waals surface area contributed by atoms with Crippen molar-refractivity contribution in [3.63, 3.8) is 0 Å². The van der Waals surface area contributed by atoms with Crippen LogP contribution < -0.4 is 5.73 Å². The van der Waals surface area contributed by atoms with Crippen molar-refractivity contribution in [3.8, 4) is 0 Å². The zero-order valence-electron chi connectivity index (χ0n) is 11.8. The minimum absolute atomic E-state index is 0.107. The van der Waals surface area contributed by atoms with E-state index in [0.717, 1.165) is 30.6 Å². The highest BCUT2D eigenvalue weighted by Gasteiger charge is 2.32. The van der Waals surface area contributed by atoms with E-state index in [1.54, 1.807) is 0 Å². The Bertz CT molecular complexity index is 448. The average Bonchev–Trinajstić information content (AvgIpc) is 2.76. The Labute approximate surface area is 114 Å². The standard InChI is InChI=1S/C15H22N2O2/c1-15(2,3)19-14(18)17-10-4-5-13(17)11-6-8-12(16)9-7-11/h6-9,13H,4-5,10,16H2,1-3H3. The van der Waals surface area contributed by atoms with Crippen LogP contribution in [0.1, 0.15) is 45.2 Å². The lowest BCUT2D eigenvalue weighted by Crippen LogP contribution is -2.36. The molecule has 1 amide bonds. The first-order valence-electron chi connectivity index (χ1n) is 6.72. The zero-order chi connectivity index (χ0) is 14.0. The number of likely N-dealkylation sites (tertiary alicyclic amines) is 1. The second-order valence-electron chi connectivity index (χ2n) is 6.00. The first-order valence-corrected chi connectivity index (χ1v) is 6.72. The minimum Gasteiger partial charge on any atom is -0.444 e. The van der Waals surface area contributed by atoms with E-state index < -0.39 is 5.60 Å². The second-order valence-corrected chi connectivity index (χ2v) is 6.00. The summed E-state index contributed by atoms with van der Waals surface area (Å²) in [6.07, 6.45) is 1.75. The number of rotatable bonds is 1. The highest BCUT2D eigenvalue weighted by molar-refractivity contribution is 5.69. The van der Waals surface area contributed by atoms with E-state index in [2.05, 4.69) is 0 Å². The molecule has 104 valence electrons. The predicted molar refractivity (Wildman–Crippen MR) is 75.8 cm³/mol. The number of hydrogen-bond donors (Lipinski definition) is 1. The normalized spacial score (nSPS) is 19.5. The molecule has 0 radical (unpaired) electrons. The lowest BCUT2D eigenvalue weighted by molar-refractivity contribution is 0.0224. The molecular weight excluding hydrogens is 240 g/mol. The molecule has 1 atom stereocenters. The van der Waals surface area contributed by atoms with Gasteiger partial charge in [-0.1, -0.05) is 12.1 Å². The molecule has 0 spiro atoms. The van der Waals surface area contributed by atoms with Gasteiger partial charge in [-0.05, 0) is 51.3 Å². The Balaban J connectivity index is 2.12. The number of carbonyl (C=O) groups excluding carboxylic acids is 1. The van der Waals surface area contributed by atoms with Crippen LogP contribution in [0.4, 0.5) is 10.5 Å². The second kappa shape index (κ2) is 5.11. The van der Waals surface area contributed by atoms with Crippen molar-refractivity contribution in [1.82, 2.24) is 4.90 Å². The fourth-order valence-electron chi connectivity index (χ4n) is 2.37. The summed E-state index contributed by atoms with van der Waals surface area (Å²) in [6, 6.07) is 7.84. The van der Waals surface area contributed by atoms with Gasteiger partial charge in [0.1, 0.15) is 5.60 Å². The van der Waals surface area contributed by atoms with Crippen LogP contribution in [0.3, 0.4) is 0 Å². The summed E-state index contributed by atoms with van der Waals surface area (Å²) in [5.74, 6) is 0. The number of nitrogens with two attached hydrogens (primary N) is 1. The van der Waals surface area contributed by atoms with E-state index in [-0.39, 0.29) is 12.1 Å². The number of benzene rings is 1. The van der Waals surface area contributed by atoms with E-state index in [4.69, 9.17) is 10.5 Å². The molecule has 0 bridgehead atoms. The highest BCUT2D eigenvalue weighted by atomic mass is 16.6. The van der Waals surface area contributed by atoms with E-state index >= 15 is 0 Å². The van der Waals surface area contributed by atoms with E-state index in [9.17, 15) is 4.79 Å². The van der Waals surface area contributed by atoms with Crippen molar-refractivity contribution in [1.29, 1.82) is 0 Å². The van der Waals surface area contributed by atoms with Gasteiger partial charge >= 0.3 is 6.09 Å². The molecule has 1 aromatic rings. The lowest BCUT2D eigenvalue weighted by atomic mass is 10.0. The molecule has 2 N–H and O–H groups in total. The Morgan fingerprint density at radius 1 is 1.32 bits per heavy atom. The molecule has 1 aliphatic rings. The Morgan fingerprint density at radius 3 is 2.53 bits per heavy atom. The van der Waals surface area contributed by atoms with Gasteiger partial charge in [0.05, 0.1) is 6.04 Å². The molecule has 0 aromatic heterocycles. The van der Waals surface area contributed by atoms with E-state index in [1.165, 1.54) is 0 Å². The van der Waals surface area contributed by atoms with Crippen LogP contribution in [0.15, 0.2) is 24.3 Å². The van der Waals surface area contributed by atoms with Crippen molar-refractivity contribution >= 4 is 11.8 Å². The quantitative estimate of drug-likeness (QED) is 0.790. The van der Waals surface area contributed by atoms with Crippen LogP contribution in [0.2, 0.25) is 0 Å². The Kier molecular flexibility index (Phi) is 3.69. The molecular formula is C15H22N2O2. The van der Waals surface area contributed by atoms with Crippen molar-refractivity contribution in [2.75, 3.05) is 12.3 Å². The number of ether oxygens (including phenoxy) is 1. The van der Waals surface area contributed by atoms with Gasteiger partial charge in [0.2, 0.25) is 0 Å². The maximum absolute atomic E-state index is 12.2. The molecule has 1 unspecified atom stereocenters. The maximum Gasteiger partial charge on any atom is 0.410 e. The summed E-state index contributed by atoms with van der Waals surface area (Å²) in [6.45, 7) is 6.42. The summed E-state index contributed by atoms with van der Waals surface area (Å²) in [4.78, 5) is 14.0. The average molecular weight is 262 g/mol. The van der Waals surface area contributed by atoms with Crippen molar-refractivity contribution in [2.45, 2.75) is 45.3 Å². The third-order valence-electron chi connectivity index (χ3n) is 3.20. The molecule has 1 heterocycles. The highest BCUT2D eigenvalue weighted by Crippen LogP contribution is 2.33. The molecule has 1 saturated heterocycles. The molecule has 1 aromatic carbocycles. The monoisotopic (exact) mass is 262 g/mol. The third-order valence-corrected chi connectivity index (χ3v) is 3.20. The van der Waals surface area contributed by atoms with Crippen LogP contribution in [0.5, 0.6) is 0 Å². The lowest BCUT2D eigenvalue weighted by Gasteiger charge is -2.28. The van der Waals surface area contributed by atoms with Crippen LogP contribution in [-0.4, -0.2) is 23.1 Å². The van der Waals surface area contributed by atoms with Gasteiger partial charge in [-0.25, -0.2) is 4.79 Å². The minimum atomic E-state index is -0.453. The summed E-state index contributed by atoms with van der Waals surface area (Å²) >= 11 is 0. The first-order chi connectivity index (χ1) is 8.87. The summed E-state index contributed by atoms with van der Waals surface area (Å²) in [5, 5.41) is 0. The van der Waals surface area contributed by atoms with Gasteiger partial charge in [0, 0.05) is 12.2 Å². The van der Waals surface area contributed by atoms with Crippen LogP contribution in [0.25, 0.3) is 0 Å². The molecule has 19 heavy (non-hydrogen) atoms. The van der Waals surface area contributed by atoms with Gasteiger partial charge in [-0.3, -0.25) is 0 Å². The van der Waals surface area contributed by atoms with Gasteiger partial charge in [-0.2, -0.15) is 0 Å². The van der Waals surface area contributed by atoms with Crippen molar-refractivity contribution < 1.29 is 9.53 Å². The largest absolute Gasteiger partial charge is 0.444 e. The van der Waals surface area contributed by atoms with E-state index in [1.807, 2.05) is 49.9 Å². The van der Waals surface area contributed by atoms with E-state index in [0.29, 0.717) is 0 Å². The Hall–Kier alpha value is -1.71. The number of carbonyl (C=O) groups is 1. The number of nitrogen functional groups attached to an aromatic ring is 1. The van der Waals surface area contributed by atoms with Crippen molar-refractivity contribution in [3.05, 3.63) is 29.8 Å². The van der Waals surface area contributed by atoms with Crippen LogP contribution in [-0.2, 0) is 4.74 Å². The third kappa shape index (κ3) is 3.40. The Morgan fingerprint density at radius 2 is 1.95 bits per heavy atom. The fourth-order valence-corrected chi connectivity index (χ4v) is 2.37. The number of hydrogen-bond acceptors (Lipinski definition) is 3. The molecule has 0 saturated carbocycles. The first kappa shape index (κ1) is 13.7. The number of amides is 1. The SMILES string of the molecule is CC(C)(C)OC(=O)N1CCCC1c1ccc(N)cc1. The molecule has 4 heteroatoms. The summed E-state index contributed by atoms with van der Waals surface area (Å²) < 4.78 is 5.46. The van der Waals surface area contributed by atoms with Gasteiger partial charge in [0.15, 0.2) is 0 Å². The summed E-state index contributed by atoms with van der Waals surface area (Å²) in [5.41, 5.74) is 7.11. The van der Waals surface area contributed by atoms with Crippen LogP contribution in [0, 0.1) is 0 Å². The fraction of sp³-hybridized carbons (Fsp3) is 0.533. The van der Waals surface area contributed by atoms with Crippen molar-refractivity contribution in [2.24, 2.45) is 0 Å². The van der Waals surface area contributed by atoms with Gasteiger partial charge in [-0.15, -0.1) is 0 Å². The maximum atomic E-state index is 12.2. The molecule has 2 rings (SSSR count). The van der Waals surface area contributed by atoms with Gasteiger partial charge in [0.25, 0.3) is 0 Å². The van der Waals surface area contributed by atoms with Gasteiger partial charge < -0.3 is 15.4 Å². The van der Waals surface area contributed by atoms with Crippen LogP contribution >= 0.6 is 0 Å². The molecule has 1 aliphatic heterocycles. The number of anilines is 1. The molecule has 4 nitrogen and oxygen atoms in total. The molecule has 1 fully saturated rings. The predicted octanol–water partition coefficient (Wildman–Crippen LogP) is 3.34. The zero-order valence-corrected chi connectivity index (χ0v) is 11.8. The topological polar surface area (TPSA) is 55.6 Å².